The molecule has 2 N–H and O–H groups in total. The molecule has 2 amide bonds. The highest BCUT2D eigenvalue weighted by Crippen LogP contribution is 2.17. The summed E-state index contributed by atoms with van der Waals surface area (Å²) in [5.74, 6) is 0. The van der Waals surface area contributed by atoms with Gasteiger partial charge in [-0.3, -0.25) is 4.98 Å². The molecule has 0 aliphatic carbocycles. The Morgan fingerprint density at radius 3 is 2.50 bits per heavy atom. The molecule has 3 aromatic rings. The number of rotatable bonds is 2. The van der Waals surface area contributed by atoms with E-state index in [1.165, 1.54) is 0 Å². The molecule has 1 aromatic heterocycles. The van der Waals surface area contributed by atoms with Gasteiger partial charge in [0.05, 0.1) is 17.1 Å². The standard InChI is InChI=1S/C17H12N4O/c18-11-12-3-5-14(6-4-12)20-17(22)21-15-7-8-16-13(10-15)2-1-9-19-16/h1-10H,(H2,20,21,22). The van der Waals surface area contributed by atoms with Crippen LogP contribution in [-0.2, 0) is 0 Å². The highest BCUT2D eigenvalue weighted by molar-refractivity contribution is 6.00. The number of aromatic nitrogens is 1. The van der Waals surface area contributed by atoms with Crippen LogP contribution >= 0.6 is 0 Å². The Balaban J connectivity index is 1.71. The molecule has 0 aliphatic heterocycles. The molecular weight excluding hydrogens is 276 g/mol. The topological polar surface area (TPSA) is 77.8 Å². The smallest absolute Gasteiger partial charge is 0.308 e. The van der Waals surface area contributed by atoms with Crippen molar-refractivity contribution in [2.45, 2.75) is 0 Å². The number of nitriles is 1. The number of amides is 2. The number of benzene rings is 2. The molecule has 5 heteroatoms. The molecule has 0 spiro atoms. The zero-order valence-corrected chi connectivity index (χ0v) is 11.6. The molecule has 0 bridgehead atoms. The monoisotopic (exact) mass is 288 g/mol. The van der Waals surface area contributed by atoms with Gasteiger partial charge in [0.15, 0.2) is 0 Å². The Morgan fingerprint density at radius 1 is 1.00 bits per heavy atom. The zero-order chi connectivity index (χ0) is 15.4. The number of nitrogens with one attached hydrogen (secondary N) is 2. The van der Waals surface area contributed by atoms with Gasteiger partial charge in [0.2, 0.25) is 0 Å². The first kappa shape index (κ1) is 13.6. The van der Waals surface area contributed by atoms with Gasteiger partial charge in [0.1, 0.15) is 0 Å². The van der Waals surface area contributed by atoms with Gasteiger partial charge < -0.3 is 10.6 Å². The number of carbonyl (C=O) groups is 1. The summed E-state index contributed by atoms with van der Waals surface area (Å²) in [4.78, 5) is 16.2. The van der Waals surface area contributed by atoms with E-state index < -0.39 is 0 Å². The van der Waals surface area contributed by atoms with Crippen molar-refractivity contribution in [2.24, 2.45) is 0 Å². The average Bonchev–Trinajstić information content (AvgIpc) is 2.55. The fourth-order valence-electron chi connectivity index (χ4n) is 2.07. The van der Waals surface area contributed by atoms with Gasteiger partial charge in [-0.1, -0.05) is 6.07 Å². The van der Waals surface area contributed by atoms with Crippen molar-refractivity contribution in [2.75, 3.05) is 10.6 Å². The van der Waals surface area contributed by atoms with Crippen molar-refractivity contribution >= 4 is 28.3 Å². The van der Waals surface area contributed by atoms with Crippen LogP contribution in [0.25, 0.3) is 10.9 Å². The largest absolute Gasteiger partial charge is 0.323 e. The maximum atomic E-state index is 12.0. The molecule has 0 saturated heterocycles. The van der Waals surface area contributed by atoms with Crippen LogP contribution in [0.3, 0.4) is 0 Å². The molecule has 22 heavy (non-hydrogen) atoms. The number of fused-ring (bicyclic) bond motifs is 1. The summed E-state index contributed by atoms with van der Waals surface area (Å²) in [5.41, 5.74) is 2.74. The van der Waals surface area contributed by atoms with Crippen molar-refractivity contribution in [3.05, 3.63) is 66.4 Å². The van der Waals surface area contributed by atoms with E-state index in [0.29, 0.717) is 16.9 Å². The van der Waals surface area contributed by atoms with Gasteiger partial charge in [0, 0.05) is 23.0 Å². The predicted molar refractivity (Wildman–Crippen MR) is 85.5 cm³/mol. The van der Waals surface area contributed by atoms with Crippen molar-refractivity contribution in [3.8, 4) is 6.07 Å². The number of carbonyl (C=O) groups excluding carboxylic acids is 1. The second kappa shape index (κ2) is 5.94. The molecule has 0 unspecified atom stereocenters. The summed E-state index contributed by atoms with van der Waals surface area (Å²) in [7, 11) is 0. The lowest BCUT2D eigenvalue weighted by Crippen LogP contribution is -2.19. The van der Waals surface area contributed by atoms with Gasteiger partial charge in [-0.15, -0.1) is 0 Å². The predicted octanol–water partition coefficient (Wildman–Crippen LogP) is 3.75. The van der Waals surface area contributed by atoms with E-state index >= 15 is 0 Å². The van der Waals surface area contributed by atoms with E-state index in [9.17, 15) is 4.79 Å². The Kier molecular flexibility index (Phi) is 3.67. The second-order valence-corrected chi connectivity index (χ2v) is 4.68. The second-order valence-electron chi connectivity index (χ2n) is 4.68. The van der Waals surface area contributed by atoms with E-state index in [2.05, 4.69) is 15.6 Å². The van der Waals surface area contributed by atoms with Crippen LogP contribution in [0, 0.1) is 11.3 Å². The molecule has 0 radical (unpaired) electrons. The van der Waals surface area contributed by atoms with Gasteiger partial charge >= 0.3 is 6.03 Å². The lowest BCUT2D eigenvalue weighted by molar-refractivity contribution is 0.262. The molecule has 106 valence electrons. The minimum absolute atomic E-state index is 0.340. The van der Waals surface area contributed by atoms with Crippen LogP contribution in [0.15, 0.2) is 60.8 Å². The zero-order valence-electron chi connectivity index (χ0n) is 11.6. The summed E-state index contributed by atoms with van der Waals surface area (Å²) >= 11 is 0. The average molecular weight is 288 g/mol. The summed E-state index contributed by atoms with van der Waals surface area (Å²) in [6.07, 6.45) is 1.73. The fourth-order valence-corrected chi connectivity index (χ4v) is 2.07. The number of pyridine rings is 1. The van der Waals surface area contributed by atoms with Crippen molar-refractivity contribution in [1.29, 1.82) is 5.26 Å². The van der Waals surface area contributed by atoms with E-state index in [1.54, 1.807) is 36.5 Å². The maximum absolute atomic E-state index is 12.0. The first-order chi connectivity index (χ1) is 10.7. The van der Waals surface area contributed by atoms with Crippen LogP contribution in [0.5, 0.6) is 0 Å². The Bertz CT molecular complexity index is 866. The number of anilines is 2. The minimum Gasteiger partial charge on any atom is -0.308 e. The molecular formula is C17H12N4O. The first-order valence-electron chi connectivity index (χ1n) is 6.67. The van der Waals surface area contributed by atoms with Gasteiger partial charge in [-0.2, -0.15) is 5.26 Å². The Morgan fingerprint density at radius 2 is 1.73 bits per heavy atom. The fraction of sp³-hybridized carbons (Fsp3) is 0. The third kappa shape index (κ3) is 3.02. The molecule has 0 aliphatic rings. The van der Waals surface area contributed by atoms with Crippen LogP contribution in [0.2, 0.25) is 0 Å². The van der Waals surface area contributed by atoms with E-state index in [4.69, 9.17) is 5.26 Å². The summed E-state index contributed by atoms with van der Waals surface area (Å²) in [6, 6.07) is 17.7. The number of hydrogen-bond acceptors (Lipinski definition) is 3. The van der Waals surface area contributed by atoms with Crippen molar-refractivity contribution < 1.29 is 4.79 Å². The maximum Gasteiger partial charge on any atom is 0.323 e. The molecule has 0 saturated carbocycles. The van der Waals surface area contributed by atoms with E-state index in [1.807, 2.05) is 30.3 Å². The van der Waals surface area contributed by atoms with Crippen LogP contribution in [0.4, 0.5) is 16.2 Å². The van der Waals surface area contributed by atoms with Gasteiger partial charge in [0.25, 0.3) is 0 Å². The third-order valence-electron chi connectivity index (χ3n) is 3.13. The van der Waals surface area contributed by atoms with E-state index in [0.717, 1.165) is 10.9 Å². The highest BCUT2D eigenvalue weighted by atomic mass is 16.2. The lowest BCUT2D eigenvalue weighted by Gasteiger charge is -2.08. The van der Waals surface area contributed by atoms with Crippen LogP contribution in [0.1, 0.15) is 5.56 Å². The van der Waals surface area contributed by atoms with Gasteiger partial charge in [-0.25, -0.2) is 4.79 Å². The van der Waals surface area contributed by atoms with Crippen molar-refractivity contribution in [1.82, 2.24) is 4.98 Å². The summed E-state index contributed by atoms with van der Waals surface area (Å²) in [5, 5.41) is 15.2. The Hall–Kier alpha value is -3.39. The number of nitrogens with zero attached hydrogens (tertiary/aromatic N) is 2. The lowest BCUT2D eigenvalue weighted by atomic mass is 10.2. The highest BCUT2D eigenvalue weighted by Gasteiger charge is 2.04. The Labute approximate surface area is 127 Å². The molecule has 0 atom stereocenters. The molecule has 1 heterocycles. The summed E-state index contributed by atoms with van der Waals surface area (Å²) < 4.78 is 0. The molecule has 2 aromatic carbocycles. The van der Waals surface area contributed by atoms with Crippen LogP contribution < -0.4 is 10.6 Å². The SMILES string of the molecule is N#Cc1ccc(NC(=O)Nc2ccc3ncccc3c2)cc1. The number of hydrogen-bond donors (Lipinski definition) is 2. The number of urea groups is 1. The third-order valence-corrected chi connectivity index (χ3v) is 3.13. The molecule has 5 nitrogen and oxygen atoms in total. The first-order valence-corrected chi connectivity index (χ1v) is 6.67. The molecule has 3 rings (SSSR count). The quantitative estimate of drug-likeness (QED) is 0.753. The van der Waals surface area contributed by atoms with Gasteiger partial charge in [-0.05, 0) is 48.5 Å². The summed E-state index contributed by atoms with van der Waals surface area (Å²) in [6.45, 7) is 0. The van der Waals surface area contributed by atoms with E-state index in [-0.39, 0.29) is 6.03 Å². The normalized spacial score (nSPS) is 9.95. The van der Waals surface area contributed by atoms with Crippen LogP contribution in [-0.4, -0.2) is 11.0 Å². The van der Waals surface area contributed by atoms with Crippen molar-refractivity contribution in [3.63, 3.8) is 0 Å². The minimum atomic E-state index is -0.340. The molecule has 0 fully saturated rings.